The molecule has 0 bridgehead atoms. The maximum Gasteiger partial charge on any atom is 0.341 e. The van der Waals surface area contributed by atoms with Crippen molar-refractivity contribution in [1.29, 1.82) is 0 Å². The zero-order valence-corrected chi connectivity index (χ0v) is 18.4. The molecule has 7 nitrogen and oxygen atoms in total. The van der Waals surface area contributed by atoms with Crippen LogP contribution in [0, 0.1) is 5.82 Å². The van der Waals surface area contributed by atoms with E-state index in [0.29, 0.717) is 13.1 Å². The molecule has 1 aliphatic rings. The lowest BCUT2D eigenvalue weighted by atomic mass is 10.2. The van der Waals surface area contributed by atoms with Gasteiger partial charge < -0.3 is 10.1 Å². The van der Waals surface area contributed by atoms with Crippen LogP contribution in [0.2, 0.25) is 5.02 Å². The number of carbonyl (C=O) groups excluding carboxylic acids is 2. The van der Waals surface area contributed by atoms with E-state index < -0.39 is 33.8 Å². The number of sulfonamides is 1. The molecule has 10 heteroatoms. The number of nitrogens with zero attached hydrogens (tertiary/aromatic N) is 1. The monoisotopic (exact) mass is 468 g/mol. The van der Waals surface area contributed by atoms with Crippen molar-refractivity contribution in [1.82, 2.24) is 4.31 Å². The lowest BCUT2D eigenvalue weighted by Gasteiger charge is -2.26. The Hall–Kier alpha value is -2.49. The van der Waals surface area contributed by atoms with Crippen LogP contribution in [0.15, 0.2) is 47.4 Å². The molecule has 1 fully saturated rings. The SMILES string of the molecule is CC(OC(=O)c1ccccc1F)C(=O)Nc1cc(S(=O)(=O)N2CCCCC2)ccc1Cl. The average Bonchev–Trinajstić information content (AvgIpc) is 2.75. The smallest absolute Gasteiger partial charge is 0.341 e. The molecule has 0 aromatic heterocycles. The van der Waals surface area contributed by atoms with Gasteiger partial charge in [0.2, 0.25) is 10.0 Å². The number of benzene rings is 2. The second-order valence-electron chi connectivity index (χ2n) is 7.12. The highest BCUT2D eigenvalue weighted by atomic mass is 35.5. The summed E-state index contributed by atoms with van der Waals surface area (Å²) in [4.78, 5) is 24.6. The van der Waals surface area contributed by atoms with Gasteiger partial charge in [-0.1, -0.05) is 30.2 Å². The van der Waals surface area contributed by atoms with Gasteiger partial charge >= 0.3 is 5.97 Å². The third kappa shape index (κ3) is 5.41. The largest absolute Gasteiger partial charge is 0.449 e. The highest BCUT2D eigenvalue weighted by molar-refractivity contribution is 7.89. The summed E-state index contributed by atoms with van der Waals surface area (Å²) in [5, 5.41) is 2.60. The van der Waals surface area contributed by atoms with Gasteiger partial charge in [0.25, 0.3) is 5.91 Å². The first-order valence-corrected chi connectivity index (χ1v) is 11.6. The standard InChI is InChI=1S/C21H22ClFN2O5S/c1-14(30-21(27)16-7-3-4-8-18(16)23)20(26)24-19-13-15(9-10-17(19)22)31(28,29)25-11-5-2-6-12-25/h3-4,7-10,13-14H,2,5-6,11-12H2,1H3,(H,24,26). The maximum atomic E-state index is 13.7. The highest BCUT2D eigenvalue weighted by Gasteiger charge is 2.27. The molecule has 0 radical (unpaired) electrons. The molecule has 2 aromatic carbocycles. The fourth-order valence-corrected chi connectivity index (χ4v) is 4.86. The number of anilines is 1. The average molecular weight is 469 g/mol. The van der Waals surface area contributed by atoms with Gasteiger partial charge in [-0.05, 0) is 50.1 Å². The molecule has 0 aliphatic carbocycles. The van der Waals surface area contributed by atoms with E-state index in [1.165, 1.54) is 47.6 Å². The molecule has 2 aromatic rings. The molecule has 1 N–H and O–H groups in total. The number of rotatable bonds is 6. The van der Waals surface area contributed by atoms with E-state index in [-0.39, 0.29) is 21.2 Å². The van der Waals surface area contributed by atoms with E-state index in [1.54, 1.807) is 0 Å². The number of halogens is 2. The number of nitrogens with one attached hydrogen (secondary N) is 1. The van der Waals surface area contributed by atoms with Crippen LogP contribution in [-0.2, 0) is 19.6 Å². The van der Waals surface area contributed by atoms with Crippen LogP contribution in [0.5, 0.6) is 0 Å². The van der Waals surface area contributed by atoms with Gasteiger partial charge in [0.15, 0.2) is 6.10 Å². The summed E-state index contributed by atoms with van der Waals surface area (Å²) in [6.45, 7) is 2.20. The second kappa shape index (κ2) is 9.76. The van der Waals surface area contributed by atoms with Crippen LogP contribution in [-0.4, -0.2) is 43.8 Å². The summed E-state index contributed by atoms with van der Waals surface area (Å²) in [6.07, 6.45) is 1.30. The number of esters is 1. The van der Waals surface area contributed by atoms with Crippen molar-refractivity contribution in [2.24, 2.45) is 0 Å². The highest BCUT2D eigenvalue weighted by Crippen LogP contribution is 2.28. The molecule has 31 heavy (non-hydrogen) atoms. The normalized spacial score (nSPS) is 15.8. The number of piperidine rings is 1. The van der Waals surface area contributed by atoms with E-state index in [9.17, 15) is 22.4 Å². The van der Waals surface area contributed by atoms with Crippen LogP contribution >= 0.6 is 11.6 Å². The second-order valence-corrected chi connectivity index (χ2v) is 9.47. The summed E-state index contributed by atoms with van der Waals surface area (Å²) in [7, 11) is -3.72. The summed E-state index contributed by atoms with van der Waals surface area (Å²) in [6, 6.07) is 9.28. The summed E-state index contributed by atoms with van der Waals surface area (Å²) >= 11 is 6.12. The quantitative estimate of drug-likeness (QED) is 0.650. The van der Waals surface area contributed by atoms with Gasteiger partial charge in [-0.15, -0.1) is 0 Å². The molecule has 1 aliphatic heterocycles. The Morgan fingerprint density at radius 3 is 2.48 bits per heavy atom. The Morgan fingerprint density at radius 2 is 1.81 bits per heavy atom. The third-order valence-corrected chi connectivity index (χ3v) is 7.12. The Bertz CT molecular complexity index is 1090. The first-order chi connectivity index (χ1) is 14.7. The molecular weight excluding hydrogens is 447 g/mol. The number of hydrogen-bond acceptors (Lipinski definition) is 5. The van der Waals surface area contributed by atoms with Crippen LogP contribution in [0.25, 0.3) is 0 Å². The number of hydrogen-bond donors (Lipinski definition) is 1. The predicted octanol–water partition coefficient (Wildman–Crippen LogP) is 3.84. The minimum Gasteiger partial charge on any atom is -0.449 e. The Labute approximate surface area is 185 Å². The van der Waals surface area contributed by atoms with Gasteiger partial charge in [-0.3, -0.25) is 4.79 Å². The minimum absolute atomic E-state index is 0.00473. The molecule has 0 spiro atoms. The van der Waals surface area contributed by atoms with E-state index in [0.717, 1.165) is 25.3 Å². The zero-order valence-electron chi connectivity index (χ0n) is 16.8. The molecule has 1 amide bonds. The molecule has 3 rings (SSSR count). The molecule has 0 saturated carbocycles. The predicted molar refractivity (Wildman–Crippen MR) is 114 cm³/mol. The van der Waals surface area contributed by atoms with Crippen molar-refractivity contribution in [2.75, 3.05) is 18.4 Å². The van der Waals surface area contributed by atoms with Crippen molar-refractivity contribution in [2.45, 2.75) is 37.2 Å². The lowest BCUT2D eigenvalue weighted by molar-refractivity contribution is -0.123. The molecule has 1 unspecified atom stereocenters. The molecule has 1 saturated heterocycles. The summed E-state index contributed by atoms with van der Waals surface area (Å²) in [5.74, 6) is -2.49. The maximum absolute atomic E-state index is 13.7. The number of ether oxygens (including phenoxy) is 1. The van der Waals surface area contributed by atoms with Gasteiger partial charge in [-0.25, -0.2) is 17.6 Å². The molecule has 1 heterocycles. The summed E-state index contributed by atoms with van der Waals surface area (Å²) < 4.78 is 45.9. The van der Waals surface area contributed by atoms with E-state index in [2.05, 4.69) is 5.32 Å². The fraction of sp³-hybridized carbons (Fsp3) is 0.333. The fourth-order valence-electron chi connectivity index (χ4n) is 3.15. The van der Waals surface area contributed by atoms with Gasteiger partial charge in [0.1, 0.15) is 5.82 Å². The number of carbonyl (C=O) groups is 2. The minimum atomic E-state index is -3.72. The third-order valence-electron chi connectivity index (χ3n) is 4.90. The Balaban J connectivity index is 1.73. The zero-order chi connectivity index (χ0) is 22.6. The van der Waals surface area contributed by atoms with Crippen molar-refractivity contribution in [3.05, 3.63) is 58.9 Å². The van der Waals surface area contributed by atoms with Crippen molar-refractivity contribution >= 4 is 39.2 Å². The van der Waals surface area contributed by atoms with Crippen molar-refractivity contribution < 1.29 is 27.1 Å². The molecule has 166 valence electrons. The van der Waals surface area contributed by atoms with Crippen LogP contribution in [0.1, 0.15) is 36.5 Å². The van der Waals surface area contributed by atoms with E-state index in [4.69, 9.17) is 16.3 Å². The molecule has 1 atom stereocenters. The van der Waals surface area contributed by atoms with Crippen LogP contribution in [0.4, 0.5) is 10.1 Å². The van der Waals surface area contributed by atoms with Crippen LogP contribution in [0.3, 0.4) is 0 Å². The van der Waals surface area contributed by atoms with Crippen molar-refractivity contribution in [3.63, 3.8) is 0 Å². The first kappa shape index (κ1) is 23.2. The van der Waals surface area contributed by atoms with E-state index >= 15 is 0 Å². The van der Waals surface area contributed by atoms with Crippen molar-refractivity contribution in [3.8, 4) is 0 Å². The van der Waals surface area contributed by atoms with Gasteiger partial charge in [0, 0.05) is 13.1 Å². The first-order valence-electron chi connectivity index (χ1n) is 9.76. The molecular formula is C21H22ClFN2O5S. The summed E-state index contributed by atoms with van der Waals surface area (Å²) in [5.41, 5.74) is -0.228. The lowest BCUT2D eigenvalue weighted by Crippen LogP contribution is -2.35. The van der Waals surface area contributed by atoms with Gasteiger partial charge in [-0.2, -0.15) is 4.31 Å². The van der Waals surface area contributed by atoms with Gasteiger partial charge in [0.05, 0.1) is 21.2 Å². The topological polar surface area (TPSA) is 92.8 Å². The van der Waals surface area contributed by atoms with Crippen LogP contribution < -0.4 is 5.32 Å². The number of amides is 1. The van der Waals surface area contributed by atoms with E-state index in [1.807, 2.05) is 0 Å². The Morgan fingerprint density at radius 1 is 1.13 bits per heavy atom. The Kier molecular flexibility index (Phi) is 7.30.